The minimum atomic E-state index is 0.340. The second kappa shape index (κ2) is 10.0. The summed E-state index contributed by atoms with van der Waals surface area (Å²) in [6, 6.07) is 20.7. The average molecular weight is 463 g/mol. The number of H-pyrrole nitrogens is 1. The van der Waals surface area contributed by atoms with Crippen molar-refractivity contribution >= 4 is 18.4 Å². The van der Waals surface area contributed by atoms with Gasteiger partial charge in [0.25, 0.3) is 0 Å². The Morgan fingerprint density at radius 2 is 1.58 bits per heavy atom. The maximum atomic E-state index is 5.90. The highest BCUT2D eigenvalue weighted by atomic mass is 32.1. The highest BCUT2D eigenvalue weighted by Crippen LogP contribution is 2.40. The van der Waals surface area contributed by atoms with Crippen LogP contribution < -0.4 is 18.9 Å². The quantitative estimate of drug-likeness (QED) is 0.282. The molecule has 1 N–H and O–H groups in total. The molecule has 0 bridgehead atoms. The summed E-state index contributed by atoms with van der Waals surface area (Å²) in [6.07, 6.45) is 1.69. The lowest BCUT2D eigenvalue weighted by atomic mass is 10.1. The van der Waals surface area contributed by atoms with Crippen molar-refractivity contribution in [3.05, 3.63) is 77.1 Å². The monoisotopic (exact) mass is 462 g/mol. The van der Waals surface area contributed by atoms with Crippen LogP contribution >= 0.6 is 12.2 Å². The van der Waals surface area contributed by atoms with Gasteiger partial charge in [0, 0.05) is 5.56 Å². The first-order valence-corrected chi connectivity index (χ1v) is 10.4. The first kappa shape index (κ1) is 22.1. The number of nitrogens with zero attached hydrogens (tertiary/aromatic N) is 3. The van der Waals surface area contributed by atoms with Gasteiger partial charge in [0.15, 0.2) is 17.3 Å². The summed E-state index contributed by atoms with van der Waals surface area (Å²) in [7, 11) is 4.66. The summed E-state index contributed by atoms with van der Waals surface area (Å²) < 4.78 is 24.1. The van der Waals surface area contributed by atoms with E-state index in [4.69, 9.17) is 31.2 Å². The average Bonchev–Trinajstić information content (AvgIpc) is 3.22. The molecule has 33 heavy (non-hydrogen) atoms. The van der Waals surface area contributed by atoms with E-state index in [0.717, 1.165) is 11.3 Å². The van der Waals surface area contributed by atoms with Gasteiger partial charge in [-0.25, -0.2) is 5.10 Å². The van der Waals surface area contributed by atoms with Gasteiger partial charge in [-0.3, -0.25) is 0 Å². The fourth-order valence-corrected chi connectivity index (χ4v) is 3.38. The van der Waals surface area contributed by atoms with Crippen molar-refractivity contribution in [3.8, 4) is 40.1 Å². The summed E-state index contributed by atoms with van der Waals surface area (Å²) in [5, 5.41) is 11.7. The van der Waals surface area contributed by atoms with Crippen LogP contribution in [-0.2, 0) is 0 Å². The van der Waals surface area contributed by atoms with Gasteiger partial charge in [-0.1, -0.05) is 30.3 Å². The number of ether oxygens (including phenoxy) is 4. The third kappa shape index (κ3) is 4.88. The van der Waals surface area contributed by atoms with Gasteiger partial charge in [0.05, 0.1) is 27.5 Å². The molecule has 0 spiro atoms. The molecule has 0 aliphatic rings. The van der Waals surface area contributed by atoms with E-state index in [1.54, 1.807) is 39.7 Å². The molecule has 0 amide bonds. The molecule has 0 radical (unpaired) electrons. The smallest absolute Gasteiger partial charge is 0.216 e. The van der Waals surface area contributed by atoms with Crippen LogP contribution in [0.2, 0.25) is 0 Å². The molecule has 168 valence electrons. The standard InChI is InChI=1S/C24H22N4O4S/c1-29-20-13-17(14-21(30-2)22(20)31-3)23-26-27-24(33)28(23)25-15-16-8-7-11-19(12-16)32-18-9-5-4-6-10-18/h4-15H,1-3H3,(H,27,33). The molecule has 9 heteroatoms. The van der Waals surface area contributed by atoms with Gasteiger partial charge in [-0.05, 0) is 54.2 Å². The molecule has 0 aliphatic heterocycles. The van der Waals surface area contributed by atoms with Crippen LogP contribution in [0.15, 0.2) is 71.8 Å². The Balaban J connectivity index is 1.66. The number of methoxy groups -OCH3 is 3. The molecular formula is C24H22N4O4S. The van der Waals surface area contributed by atoms with Crippen LogP contribution in [0, 0.1) is 4.77 Å². The first-order valence-electron chi connectivity index (χ1n) is 9.98. The van der Waals surface area contributed by atoms with Crippen molar-refractivity contribution in [2.75, 3.05) is 21.3 Å². The minimum absolute atomic E-state index is 0.340. The number of rotatable bonds is 8. The molecule has 0 atom stereocenters. The molecule has 0 saturated carbocycles. The molecular weight excluding hydrogens is 440 g/mol. The molecule has 3 aromatic carbocycles. The lowest BCUT2D eigenvalue weighted by Gasteiger charge is -2.13. The van der Waals surface area contributed by atoms with Crippen LogP contribution in [0.25, 0.3) is 11.4 Å². The summed E-state index contributed by atoms with van der Waals surface area (Å²) >= 11 is 5.39. The molecule has 0 aliphatic carbocycles. The van der Waals surface area contributed by atoms with Gasteiger partial charge in [-0.15, -0.1) is 0 Å². The Labute approximate surface area is 196 Å². The Morgan fingerprint density at radius 3 is 2.24 bits per heavy atom. The van der Waals surface area contributed by atoms with Crippen LogP contribution in [0.4, 0.5) is 0 Å². The number of benzene rings is 3. The second-order valence-electron chi connectivity index (χ2n) is 6.81. The summed E-state index contributed by atoms with van der Waals surface area (Å²) in [6.45, 7) is 0. The molecule has 0 fully saturated rings. The zero-order chi connectivity index (χ0) is 23.2. The van der Waals surface area contributed by atoms with E-state index in [1.807, 2.05) is 54.6 Å². The number of para-hydroxylation sites is 1. The maximum absolute atomic E-state index is 5.90. The van der Waals surface area contributed by atoms with Crippen molar-refractivity contribution in [3.63, 3.8) is 0 Å². The Kier molecular flexibility index (Phi) is 6.70. The van der Waals surface area contributed by atoms with E-state index in [0.29, 0.717) is 39.2 Å². The molecule has 1 heterocycles. The Bertz CT molecular complexity index is 1310. The van der Waals surface area contributed by atoms with E-state index in [9.17, 15) is 0 Å². The molecule has 0 saturated heterocycles. The van der Waals surface area contributed by atoms with Crippen LogP contribution in [0.5, 0.6) is 28.7 Å². The highest BCUT2D eigenvalue weighted by molar-refractivity contribution is 7.71. The van der Waals surface area contributed by atoms with Crippen molar-refractivity contribution in [1.29, 1.82) is 0 Å². The third-order valence-electron chi connectivity index (χ3n) is 4.73. The van der Waals surface area contributed by atoms with Gasteiger partial charge in [0.1, 0.15) is 11.5 Å². The molecule has 4 aromatic rings. The second-order valence-corrected chi connectivity index (χ2v) is 7.20. The lowest BCUT2D eigenvalue weighted by molar-refractivity contribution is 0.324. The van der Waals surface area contributed by atoms with Crippen molar-refractivity contribution in [2.45, 2.75) is 0 Å². The topological polar surface area (TPSA) is 82.9 Å². The predicted octanol–water partition coefficient (Wildman–Crippen LogP) is 5.31. The third-order valence-corrected chi connectivity index (χ3v) is 5.00. The zero-order valence-corrected chi connectivity index (χ0v) is 19.1. The van der Waals surface area contributed by atoms with Crippen molar-refractivity contribution < 1.29 is 18.9 Å². The van der Waals surface area contributed by atoms with E-state index in [1.165, 1.54) is 4.68 Å². The van der Waals surface area contributed by atoms with Crippen LogP contribution in [-0.4, -0.2) is 42.4 Å². The van der Waals surface area contributed by atoms with Gasteiger partial charge >= 0.3 is 0 Å². The van der Waals surface area contributed by atoms with Gasteiger partial charge < -0.3 is 18.9 Å². The Hall–Kier alpha value is -4.11. The lowest BCUT2D eigenvalue weighted by Crippen LogP contribution is -1.99. The Morgan fingerprint density at radius 1 is 0.879 bits per heavy atom. The number of nitrogens with one attached hydrogen (secondary N) is 1. The molecule has 0 unspecified atom stereocenters. The first-order chi connectivity index (χ1) is 16.1. The fraction of sp³-hybridized carbons (Fsp3) is 0.125. The summed E-state index contributed by atoms with van der Waals surface area (Å²) in [5.74, 6) is 3.44. The number of hydrogen-bond donors (Lipinski definition) is 1. The number of aromatic nitrogens is 3. The summed E-state index contributed by atoms with van der Waals surface area (Å²) in [4.78, 5) is 0. The van der Waals surface area contributed by atoms with E-state index >= 15 is 0 Å². The van der Waals surface area contributed by atoms with Crippen molar-refractivity contribution in [1.82, 2.24) is 14.9 Å². The maximum Gasteiger partial charge on any atom is 0.216 e. The van der Waals surface area contributed by atoms with E-state index in [-0.39, 0.29) is 0 Å². The fourth-order valence-electron chi connectivity index (χ4n) is 3.20. The normalized spacial score (nSPS) is 10.9. The van der Waals surface area contributed by atoms with Crippen LogP contribution in [0.3, 0.4) is 0 Å². The SMILES string of the molecule is COc1cc(-c2n[nH]c(=S)n2N=Cc2cccc(Oc3ccccc3)c2)cc(OC)c1OC. The van der Waals surface area contributed by atoms with Gasteiger partial charge in [-0.2, -0.15) is 14.9 Å². The molecule has 1 aromatic heterocycles. The van der Waals surface area contributed by atoms with E-state index < -0.39 is 0 Å². The van der Waals surface area contributed by atoms with Gasteiger partial charge in [0.2, 0.25) is 10.5 Å². The predicted molar refractivity (Wildman–Crippen MR) is 128 cm³/mol. The molecule has 4 rings (SSSR count). The van der Waals surface area contributed by atoms with E-state index in [2.05, 4.69) is 15.3 Å². The largest absolute Gasteiger partial charge is 0.493 e. The minimum Gasteiger partial charge on any atom is -0.493 e. The van der Waals surface area contributed by atoms with Crippen LogP contribution in [0.1, 0.15) is 5.56 Å². The number of aromatic amines is 1. The number of hydrogen-bond acceptors (Lipinski definition) is 7. The summed E-state index contributed by atoms with van der Waals surface area (Å²) in [5.41, 5.74) is 1.53. The zero-order valence-electron chi connectivity index (χ0n) is 18.3. The molecule has 8 nitrogen and oxygen atoms in total. The van der Waals surface area contributed by atoms with Crippen molar-refractivity contribution in [2.24, 2.45) is 5.10 Å². The highest BCUT2D eigenvalue weighted by Gasteiger charge is 2.17.